The van der Waals surface area contributed by atoms with Gasteiger partial charge in [-0.3, -0.25) is 9.59 Å². The number of para-hydroxylation sites is 1. The minimum absolute atomic E-state index is 0.125. The zero-order chi connectivity index (χ0) is 34.7. The van der Waals surface area contributed by atoms with Gasteiger partial charge in [0.1, 0.15) is 11.4 Å². The molecule has 2 amide bonds. The maximum atomic E-state index is 13.9. The second-order valence-electron chi connectivity index (χ2n) is 15.8. The maximum Gasteiger partial charge on any atom is 0.272 e. The van der Waals surface area contributed by atoms with Gasteiger partial charge in [0.15, 0.2) is 5.75 Å². The molecular weight excluding hydrogens is 617 g/mol. The molecule has 3 unspecified atom stereocenters. The number of rotatable bonds is 8. The summed E-state index contributed by atoms with van der Waals surface area (Å²) >= 11 is 0. The lowest BCUT2D eigenvalue weighted by Crippen LogP contribution is -2.39. The van der Waals surface area contributed by atoms with Crippen LogP contribution in [0.2, 0.25) is 0 Å². The number of carbonyl (C=O) groups excluding carboxylic acids is 2. The molecule has 1 aromatic heterocycles. The van der Waals surface area contributed by atoms with Crippen molar-refractivity contribution >= 4 is 44.8 Å². The summed E-state index contributed by atoms with van der Waals surface area (Å²) in [6.45, 7) is 12.8. The van der Waals surface area contributed by atoms with Crippen molar-refractivity contribution in [3.63, 3.8) is 0 Å². The first-order chi connectivity index (χ1) is 22.8. The normalized spacial score (nSPS) is 20.6. The van der Waals surface area contributed by atoms with Gasteiger partial charge in [-0.2, -0.15) is 0 Å². The molecule has 262 valence electrons. The van der Waals surface area contributed by atoms with Crippen LogP contribution in [-0.4, -0.2) is 54.0 Å². The molecule has 48 heavy (non-hydrogen) atoms. The van der Waals surface area contributed by atoms with Crippen molar-refractivity contribution in [3.05, 3.63) is 53.2 Å². The van der Waals surface area contributed by atoms with Crippen LogP contribution in [0.3, 0.4) is 0 Å². The smallest absolute Gasteiger partial charge is 0.272 e. The molecule has 0 bridgehead atoms. The third-order valence-electron chi connectivity index (χ3n) is 10.7. The Balaban J connectivity index is 1.34. The Morgan fingerprint density at radius 2 is 1.81 bits per heavy atom. The molecule has 2 aliphatic rings. The highest BCUT2D eigenvalue weighted by atomic mass is 32.2. The van der Waals surface area contributed by atoms with E-state index in [9.17, 15) is 9.59 Å². The van der Waals surface area contributed by atoms with Crippen molar-refractivity contribution in [2.24, 2.45) is 35.1 Å². The summed E-state index contributed by atoms with van der Waals surface area (Å²) in [5.74, 6) is 2.85. The highest BCUT2D eigenvalue weighted by Gasteiger charge is 2.32. The van der Waals surface area contributed by atoms with Crippen molar-refractivity contribution in [2.45, 2.75) is 91.4 Å². The third kappa shape index (κ3) is 8.18. The van der Waals surface area contributed by atoms with E-state index in [4.69, 9.17) is 9.10 Å². The highest BCUT2D eigenvalue weighted by molar-refractivity contribution is 7.85. The summed E-state index contributed by atoms with van der Waals surface area (Å²) in [4.78, 5) is 29.7. The number of likely N-dealkylation sites (tertiary alicyclic amines) is 1. The van der Waals surface area contributed by atoms with E-state index >= 15 is 0 Å². The Hall–Kier alpha value is -3.13. The first-order valence-corrected chi connectivity index (χ1v) is 20.0. The molecule has 1 N–H and O–H groups in total. The van der Waals surface area contributed by atoms with Crippen LogP contribution in [0.1, 0.15) is 101 Å². The summed E-state index contributed by atoms with van der Waals surface area (Å²) in [6.07, 6.45) is 12.8. The van der Waals surface area contributed by atoms with Crippen molar-refractivity contribution in [3.8, 4) is 5.75 Å². The Kier molecular flexibility index (Phi) is 11.4. The summed E-state index contributed by atoms with van der Waals surface area (Å²) in [5.41, 5.74) is 5.33. The van der Waals surface area contributed by atoms with Crippen molar-refractivity contribution in [1.82, 2.24) is 9.47 Å². The second kappa shape index (κ2) is 15.2. The van der Waals surface area contributed by atoms with Gasteiger partial charge in [-0.1, -0.05) is 65.7 Å². The number of amides is 2. The zero-order valence-corrected chi connectivity index (χ0v) is 31.6. The van der Waals surface area contributed by atoms with E-state index in [1.807, 2.05) is 23.7 Å². The molecule has 0 spiro atoms. The fourth-order valence-corrected chi connectivity index (χ4v) is 8.43. The fourth-order valence-electron chi connectivity index (χ4n) is 7.91. The Morgan fingerprint density at radius 1 is 1.04 bits per heavy atom. The SMILES string of the molecule is COc1c(N=S(C)C)cc(C(C)(C)C)cc1NC(=O)c1cc2cccc(CC3CCCN(C(=O)C4CCCC(C(C)C)C4)CC3)c2n1C. The fraction of sp³-hybridized carbons (Fsp3) is 0.600. The predicted octanol–water partition coefficient (Wildman–Crippen LogP) is 9.06. The lowest BCUT2D eigenvalue weighted by molar-refractivity contribution is -0.137. The van der Waals surface area contributed by atoms with Crippen LogP contribution in [0.5, 0.6) is 5.75 Å². The largest absolute Gasteiger partial charge is 0.492 e. The minimum atomic E-state index is -0.192. The number of aryl methyl sites for hydroxylation is 1. The number of hydrogen-bond donors (Lipinski definition) is 1. The first kappa shape index (κ1) is 36.2. The monoisotopic (exact) mass is 674 g/mol. The lowest BCUT2D eigenvalue weighted by Gasteiger charge is -2.34. The van der Waals surface area contributed by atoms with Crippen LogP contribution in [0.15, 0.2) is 40.8 Å². The topological polar surface area (TPSA) is 75.9 Å². The van der Waals surface area contributed by atoms with E-state index in [1.54, 1.807) is 7.11 Å². The number of fused-ring (bicyclic) bond motifs is 1. The lowest BCUT2D eigenvalue weighted by atomic mass is 9.76. The van der Waals surface area contributed by atoms with Crippen LogP contribution >= 0.6 is 0 Å². The number of ether oxygens (including phenoxy) is 1. The summed E-state index contributed by atoms with van der Waals surface area (Å²) in [5, 5.41) is 4.25. The summed E-state index contributed by atoms with van der Waals surface area (Å²) < 4.78 is 12.7. The molecule has 1 saturated carbocycles. The van der Waals surface area contributed by atoms with Gasteiger partial charge in [-0.25, -0.2) is 4.36 Å². The minimum Gasteiger partial charge on any atom is -0.492 e. The quantitative estimate of drug-likeness (QED) is 0.259. The van der Waals surface area contributed by atoms with Gasteiger partial charge in [0.25, 0.3) is 5.91 Å². The Bertz CT molecular complexity index is 1660. The van der Waals surface area contributed by atoms with Crippen LogP contribution in [0, 0.1) is 23.7 Å². The zero-order valence-electron chi connectivity index (χ0n) is 30.8. The second-order valence-corrected chi connectivity index (χ2v) is 17.5. The van der Waals surface area contributed by atoms with Gasteiger partial charge in [-0.15, -0.1) is 10.7 Å². The summed E-state index contributed by atoms with van der Waals surface area (Å²) in [6, 6.07) is 12.5. The average molecular weight is 675 g/mol. The number of aromatic nitrogens is 1. The van der Waals surface area contributed by atoms with E-state index < -0.39 is 0 Å². The van der Waals surface area contributed by atoms with Crippen LogP contribution < -0.4 is 10.1 Å². The van der Waals surface area contributed by atoms with Crippen LogP contribution in [-0.2, 0) is 34.4 Å². The number of nitrogens with zero attached hydrogens (tertiary/aromatic N) is 3. The molecule has 0 radical (unpaired) electrons. The van der Waals surface area contributed by atoms with E-state index in [0.717, 1.165) is 73.8 Å². The molecular formula is C40H58N4O3S. The molecule has 2 fully saturated rings. The molecule has 3 atom stereocenters. The standard InChI is InChI=1S/C40H58N4O3S/c1-26(2)28-14-10-17-31(22-28)39(46)44-19-12-13-27(18-20-44)21-29-15-11-16-30-23-35(43(6)36(29)30)38(45)41-33-24-32(40(3,4)5)25-34(37(33)47-7)42-48(8)9/h11,15-16,23-28,31H,10,12-14,17-22H2,1-9H3,(H,41,45). The van der Waals surface area contributed by atoms with E-state index in [2.05, 4.69) is 81.6 Å². The Morgan fingerprint density at radius 3 is 2.50 bits per heavy atom. The molecule has 3 aromatic rings. The van der Waals surface area contributed by atoms with Crippen molar-refractivity contribution in [2.75, 3.05) is 38.0 Å². The third-order valence-corrected chi connectivity index (χ3v) is 11.3. The van der Waals surface area contributed by atoms with Gasteiger partial charge >= 0.3 is 0 Å². The number of anilines is 1. The predicted molar refractivity (Wildman–Crippen MR) is 202 cm³/mol. The number of hydrogen-bond acceptors (Lipinski definition) is 4. The van der Waals surface area contributed by atoms with Gasteiger partial charge in [0.05, 0.1) is 18.3 Å². The van der Waals surface area contributed by atoms with E-state index in [1.165, 1.54) is 18.4 Å². The molecule has 2 heterocycles. The van der Waals surface area contributed by atoms with Gasteiger partial charge < -0.3 is 19.5 Å². The van der Waals surface area contributed by atoms with E-state index in [-0.39, 0.29) is 27.9 Å². The molecule has 1 aliphatic heterocycles. The number of carbonyl (C=O) groups is 2. The van der Waals surface area contributed by atoms with Crippen LogP contribution in [0.25, 0.3) is 10.9 Å². The van der Waals surface area contributed by atoms with Crippen LogP contribution in [0.4, 0.5) is 11.4 Å². The summed E-state index contributed by atoms with van der Waals surface area (Å²) in [7, 11) is 3.43. The van der Waals surface area contributed by atoms with E-state index in [0.29, 0.717) is 40.8 Å². The first-order valence-electron chi connectivity index (χ1n) is 18.0. The average Bonchev–Trinajstić information content (AvgIpc) is 3.21. The number of methoxy groups -OCH3 is 1. The van der Waals surface area contributed by atoms with Crippen molar-refractivity contribution < 1.29 is 14.3 Å². The molecule has 5 rings (SSSR count). The van der Waals surface area contributed by atoms with Gasteiger partial charge in [0.2, 0.25) is 5.91 Å². The number of nitrogens with one attached hydrogen (secondary N) is 1. The number of benzene rings is 2. The molecule has 1 saturated heterocycles. The van der Waals surface area contributed by atoms with Crippen molar-refractivity contribution in [1.29, 1.82) is 0 Å². The molecule has 7 nitrogen and oxygen atoms in total. The molecule has 1 aliphatic carbocycles. The van der Waals surface area contributed by atoms with Gasteiger partial charge in [0, 0.05) is 31.4 Å². The maximum absolute atomic E-state index is 13.9. The molecule has 8 heteroatoms. The van der Waals surface area contributed by atoms with Gasteiger partial charge in [-0.05, 0) is 104 Å². The Labute approximate surface area is 291 Å². The molecule has 2 aromatic carbocycles. The highest BCUT2D eigenvalue weighted by Crippen LogP contribution is 2.41.